The lowest BCUT2D eigenvalue weighted by Crippen LogP contribution is -2.54. The summed E-state index contributed by atoms with van der Waals surface area (Å²) in [5.41, 5.74) is 1.04. The van der Waals surface area contributed by atoms with E-state index in [9.17, 15) is 0 Å². The van der Waals surface area contributed by atoms with E-state index in [0.29, 0.717) is 0 Å². The molecule has 98 valence electrons. The first kappa shape index (κ1) is 11.9. The van der Waals surface area contributed by atoms with Crippen molar-refractivity contribution in [2.24, 2.45) is 0 Å². The van der Waals surface area contributed by atoms with Crippen molar-refractivity contribution >= 4 is 5.95 Å². The van der Waals surface area contributed by atoms with Gasteiger partial charge in [-0.2, -0.15) is 0 Å². The highest BCUT2D eigenvalue weighted by atomic mass is 16.5. The normalized spacial score (nSPS) is 23.3. The van der Waals surface area contributed by atoms with Crippen molar-refractivity contribution in [3.05, 3.63) is 18.0 Å². The van der Waals surface area contributed by atoms with E-state index < -0.39 is 0 Å². The molecule has 0 saturated carbocycles. The van der Waals surface area contributed by atoms with Gasteiger partial charge in [0.1, 0.15) is 0 Å². The molecule has 0 amide bonds. The van der Waals surface area contributed by atoms with Crippen LogP contribution < -0.4 is 4.90 Å². The average molecular weight is 249 g/mol. The Morgan fingerprint density at radius 2 is 1.89 bits per heavy atom. The number of hydrogen-bond donors (Lipinski definition) is 0. The Bertz CT molecular complexity index is 396. The molecule has 5 nitrogen and oxygen atoms in total. The number of morpholine rings is 1. The molecular weight excluding hydrogens is 230 g/mol. The van der Waals surface area contributed by atoms with Gasteiger partial charge in [0, 0.05) is 45.0 Å². The largest absolute Gasteiger partial charge is 0.381 e. The van der Waals surface area contributed by atoms with Crippen LogP contribution in [0.1, 0.15) is 18.4 Å². The molecule has 18 heavy (non-hydrogen) atoms. The molecule has 2 aliphatic heterocycles. The molecule has 0 unspecified atom stereocenters. The van der Waals surface area contributed by atoms with E-state index in [0.717, 1.165) is 57.3 Å². The van der Waals surface area contributed by atoms with Crippen LogP contribution in [0.15, 0.2) is 12.4 Å². The number of aryl methyl sites for hydroxylation is 1. The van der Waals surface area contributed by atoms with Crippen LogP contribution in [-0.2, 0) is 9.47 Å². The summed E-state index contributed by atoms with van der Waals surface area (Å²) < 4.78 is 11.4. The van der Waals surface area contributed by atoms with E-state index in [2.05, 4.69) is 14.9 Å². The Kier molecular flexibility index (Phi) is 3.18. The van der Waals surface area contributed by atoms with Crippen LogP contribution in [0.25, 0.3) is 0 Å². The van der Waals surface area contributed by atoms with Crippen molar-refractivity contribution < 1.29 is 9.47 Å². The van der Waals surface area contributed by atoms with E-state index in [1.54, 1.807) is 0 Å². The van der Waals surface area contributed by atoms with Gasteiger partial charge in [-0.05, 0) is 12.5 Å². The molecular formula is C13H19N3O2. The van der Waals surface area contributed by atoms with Gasteiger partial charge in [0.2, 0.25) is 5.95 Å². The maximum Gasteiger partial charge on any atom is 0.225 e. The Labute approximate surface area is 107 Å². The van der Waals surface area contributed by atoms with Crippen molar-refractivity contribution in [3.8, 4) is 0 Å². The Hall–Kier alpha value is -1.20. The quantitative estimate of drug-likeness (QED) is 0.747. The minimum Gasteiger partial charge on any atom is -0.381 e. The highest BCUT2D eigenvalue weighted by Crippen LogP contribution is 2.30. The van der Waals surface area contributed by atoms with Gasteiger partial charge < -0.3 is 14.4 Å². The molecule has 5 heteroatoms. The highest BCUT2D eigenvalue weighted by Gasteiger charge is 2.38. The summed E-state index contributed by atoms with van der Waals surface area (Å²) in [6, 6.07) is 0. The maximum atomic E-state index is 6.00. The zero-order chi connectivity index (χ0) is 12.4. The summed E-state index contributed by atoms with van der Waals surface area (Å²) in [6.45, 7) is 6.08. The summed E-state index contributed by atoms with van der Waals surface area (Å²) in [5.74, 6) is 0.815. The second-order valence-corrected chi connectivity index (χ2v) is 5.13. The molecule has 3 heterocycles. The zero-order valence-corrected chi connectivity index (χ0v) is 10.8. The average Bonchev–Trinajstić information content (AvgIpc) is 2.40. The Balaban J connectivity index is 1.75. The van der Waals surface area contributed by atoms with Gasteiger partial charge in [-0.25, -0.2) is 9.97 Å². The lowest BCUT2D eigenvalue weighted by Gasteiger charge is -2.44. The summed E-state index contributed by atoms with van der Waals surface area (Å²) in [7, 11) is 0. The molecule has 0 N–H and O–H groups in total. The van der Waals surface area contributed by atoms with Gasteiger partial charge in [-0.15, -0.1) is 0 Å². The highest BCUT2D eigenvalue weighted by molar-refractivity contribution is 5.31. The molecule has 0 aromatic carbocycles. The van der Waals surface area contributed by atoms with Gasteiger partial charge in [-0.3, -0.25) is 0 Å². The first-order valence-electron chi connectivity index (χ1n) is 6.53. The molecule has 0 aliphatic carbocycles. The van der Waals surface area contributed by atoms with E-state index in [4.69, 9.17) is 9.47 Å². The Morgan fingerprint density at radius 3 is 2.61 bits per heavy atom. The van der Waals surface area contributed by atoms with E-state index in [-0.39, 0.29) is 5.60 Å². The molecule has 0 radical (unpaired) electrons. The summed E-state index contributed by atoms with van der Waals surface area (Å²) in [5, 5.41) is 0. The molecule has 3 rings (SSSR count). The number of ether oxygens (including phenoxy) is 2. The minimum absolute atomic E-state index is 0.0508. The zero-order valence-electron chi connectivity index (χ0n) is 10.8. The van der Waals surface area contributed by atoms with Crippen molar-refractivity contribution in [2.45, 2.75) is 25.4 Å². The third-order valence-corrected chi connectivity index (χ3v) is 3.70. The summed E-state index contributed by atoms with van der Waals surface area (Å²) in [6.07, 6.45) is 5.67. The smallest absolute Gasteiger partial charge is 0.225 e. The van der Waals surface area contributed by atoms with E-state index in [1.807, 2.05) is 19.3 Å². The maximum absolute atomic E-state index is 6.00. The van der Waals surface area contributed by atoms with E-state index in [1.165, 1.54) is 0 Å². The monoisotopic (exact) mass is 249 g/mol. The van der Waals surface area contributed by atoms with Crippen LogP contribution in [-0.4, -0.2) is 48.5 Å². The predicted molar refractivity (Wildman–Crippen MR) is 67.7 cm³/mol. The van der Waals surface area contributed by atoms with E-state index >= 15 is 0 Å². The molecule has 2 saturated heterocycles. The number of hydrogen-bond acceptors (Lipinski definition) is 5. The van der Waals surface area contributed by atoms with Gasteiger partial charge in [0.25, 0.3) is 0 Å². The standard InChI is InChI=1S/C13H19N3O2/c1-11-8-14-12(15-9-11)16-4-7-18-13(10-16)2-5-17-6-3-13/h8-9H,2-7,10H2,1H3. The molecule has 1 aromatic rings. The van der Waals surface area contributed by atoms with Crippen molar-refractivity contribution in [1.29, 1.82) is 0 Å². The number of aromatic nitrogens is 2. The fourth-order valence-corrected chi connectivity index (χ4v) is 2.61. The fraction of sp³-hybridized carbons (Fsp3) is 0.692. The lowest BCUT2D eigenvalue weighted by atomic mass is 9.92. The van der Waals surface area contributed by atoms with Crippen molar-refractivity contribution in [1.82, 2.24) is 9.97 Å². The number of anilines is 1. The Morgan fingerprint density at radius 1 is 1.17 bits per heavy atom. The van der Waals surface area contributed by atoms with Crippen molar-refractivity contribution in [3.63, 3.8) is 0 Å². The van der Waals surface area contributed by atoms with Gasteiger partial charge in [0.15, 0.2) is 0 Å². The molecule has 1 spiro atoms. The topological polar surface area (TPSA) is 47.5 Å². The van der Waals surface area contributed by atoms with Crippen molar-refractivity contribution in [2.75, 3.05) is 37.8 Å². The van der Waals surface area contributed by atoms with Gasteiger partial charge >= 0.3 is 0 Å². The first-order valence-corrected chi connectivity index (χ1v) is 6.53. The van der Waals surface area contributed by atoms with Gasteiger partial charge in [0.05, 0.1) is 18.8 Å². The summed E-state index contributed by atoms with van der Waals surface area (Å²) >= 11 is 0. The van der Waals surface area contributed by atoms with Crippen LogP contribution in [0, 0.1) is 6.92 Å². The molecule has 1 aromatic heterocycles. The number of rotatable bonds is 1. The lowest BCUT2D eigenvalue weighted by molar-refractivity contribution is -0.116. The second-order valence-electron chi connectivity index (χ2n) is 5.13. The summed E-state index contributed by atoms with van der Waals surface area (Å²) in [4.78, 5) is 11.0. The predicted octanol–water partition coefficient (Wildman–Crippen LogP) is 1.17. The molecule has 2 fully saturated rings. The van der Waals surface area contributed by atoms with Gasteiger partial charge in [-0.1, -0.05) is 0 Å². The van der Waals surface area contributed by atoms with Crippen LogP contribution in [0.3, 0.4) is 0 Å². The third kappa shape index (κ3) is 2.33. The minimum atomic E-state index is -0.0508. The second kappa shape index (κ2) is 4.82. The van der Waals surface area contributed by atoms with Crippen LogP contribution in [0.4, 0.5) is 5.95 Å². The third-order valence-electron chi connectivity index (χ3n) is 3.70. The van der Waals surface area contributed by atoms with Crippen LogP contribution in [0.2, 0.25) is 0 Å². The number of nitrogens with zero attached hydrogens (tertiary/aromatic N) is 3. The van der Waals surface area contributed by atoms with Crippen LogP contribution >= 0.6 is 0 Å². The fourth-order valence-electron chi connectivity index (χ4n) is 2.61. The molecule has 2 aliphatic rings. The SMILES string of the molecule is Cc1cnc(N2CCOC3(CCOCC3)C2)nc1. The first-order chi connectivity index (χ1) is 8.77. The molecule has 0 bridgehead atoms. The van der Waals surface area contributed by atoms with Crippen LogP contribution in [0.5, 0.6) is 0 Å². The molecule has 0 atom stereocenters.